The van der Waals surface area contributed by atoms with Gasteiger partial charge in [-0.15, -0.1) is 0 Å². The summed E-state index contributed by atoms with van der Waals surface area (Å²) in [6.07, 6.45) is 1.04. The second-order valence-electron chi connectivity index (χ2n) is 5.52. The van der Waals surface area contributed by atoms with Gasteiger partial charge in [0.1, 0.15) is 0 Å². The van der Waals surface area contributed by atoms with E-state index in [0.29, 0.717) is 6.54 Å². The SMILES string of the molecule is CC(C)(C)CCNCc1ccc(Br)cc1[N+](=O)[O-]. The second kappa shape index (κ2) is 6.29. The summed E-state index contributed by atoms with van der Waals surface area (Å²) < 4.78 is 0.729. The zero-order valence-corrected chi connectivity index (χ0v) is 12.6. The summed E-state index contributed by atoms with van der Waals surface area (Å²) in [5.74, 6) is 0. The molecule has 1 aromatic carbocycles. The maximum atomic E-state index is 10.9. The monoisotopic (exact) mass is 314 g/mol. The van der Waals surface area contributed by atoms with Gasteiger partial charge in [-0.2, -0.15) is 0 Å². The molecule has 0 saturated carbocycles. The van der Waals surface area contributed by atoms with E-state index < -0.39 is 0 Å². The van der Waals surface area contributed by atoms with Gasteiger partial charge in [0.2, 0.25) is 0 Å². The molecule has 0 aliphatic carbocycles. The Kier molecular flexibility index (Phi) is 5.28. The summed E-state index contributed by atoms with van der Waals surface area (Å²) in [7, 11) is 0. The van der Waals surface area contributed by atoms with Gasteiger partial charge in [0.05, 0.1) is 4.92 Å². The Bertz CT molecular complexity index is 427. The minimum atomic E-state index is -0.342. The fourth-order valence-electron chi connectivity index (χ4n) is 1.54. The normalized spacial score (nSPS) is 11.6. The quantitative estimate of drug-likeness (QED) is 0.509. The molecule has 0 radical (unpaired) electrons. The smallest absolute Gasteiger partial charge is 0.275 e. The van der Waals surface area contributed by atoms with E-state index in [-0.39, 0.29) is 16.0 Å². The van der Waals surface area contributed by atoms with Crippen molar-refractivity contribution in [2.45, 2.75) is 33.7 Å². The van der Waals surface area contributed by atoms with Crippen molar-refractivity contribution in [3.8, 4) is 0 Å². The maximum Gasteiger partial charge on any atom is 0.275 e. The highest BCUT2D eigenvalue weighted by atomic mass is 79.9. The zero-order chi connectivity index (χ0) is 13.8. The minimum Gasteiger partial charge on any atom is -0.312 e. The maximum absolute atomic E-state index is 10.9. The van der Waals surface area contributed by atoms with Crippen LogP contribution < -0.4 is 5.32 Å². The van der Waals surface area contributed by atoms with Crippen molar-refractivity contribution in [3.63, 3.8) is 0 Å². The third-order valence-electron chi connectivity index (χ3n) is 2.61. The van der Waals surface area contributed by atoms with Crippen molar-refractivity contribution in [3.05, 3.63) is 38.3 Å². The first kappa shape index (κ1) is 15.1. The van der Waals surface area contributed by atoms with E-state index in [9.17, 15) is 10.1 Å². The molecule has 0 heterocycles. The molecule has 0 aliphatic heterocycles. The van der Waals surface area contributed by atoms with E-state index in [2.05, 4.69) is 42.0 Å². The molecule has 0 unspecified atom stereocenters. The Morgan fingerprint density at radius 3 is 2.61 bits per heavy atom. The number of rotatable bonds is 5. The van der Waals surface area contributed by atoms with Crippen molar-refractivity contribution in [1.82, 2.24) is 5.32 Å². The van der Waals surface area contributed by atoms with Crippen LogP contribution in [-0.4, -0.2) is 11.5 Å². The first-order valence-corrected chi connectivity index (χ1v) is 6.72. The molecule has 0 fully saturated rings. The second-order valence-corrected chi connectivity index (χ2v) is 6.43. The summed E-state index contributed by atoms with van der Waals surface area (Å²) in [4.78, 5) is 10.6. The molecular formula is C13H19BrN2O2. The van der Waals surface area contributed by atoms with E-state index >= 15 is 0 Å². The molecule has 0 atom stereocenters. The molecule has 0 amide bonds. The number of nitro groups is 1. The molecular weight excluding hydrogens is 296 g/mol. The number of hydrogen-bond donors (Lipinski definition) is 1. The van der Waals surface area contributed by atoms with Gasteiger partial charge in [-0.1, -0.05) is 36.7 Å². The standard InChI is InChI=1S/C13H19BrN2O2/c1-13(2,3)6-7-15-9-10-4-5-11(14)8-12(10)16(17)18/h4-5,8,15H,6-7,9H2,1-3H3. The summed E-state index contributed by atoms with van der Waals surface area (Å²) in [6.45, 7) is 7.92. The van der Waals surface area contributed by atoms with Crippen molar-refractivity contribution >= 4 is 21.6 Å². The van der Waals surface area contributed by atoms with Crippen LogP contribution in [0.4, 0.5) is 5.69 Å². The highest BCUT2D eigenvalue weighted by Crippen LogP contribution is 2.23. The zero-order valence-electron chi connectivity index (χ0n) is 11.0. The van der Waals surface area contributed by atoms with Gasteiger partial charge < -0.3 is 5.32 Å². The van der Waals surface area contributed by atoms with Gasteiger partial charge in [-0.05, 0) is 30.5 Å². The van der Waals surface area contributed by atoms with Crippen LogP contribution in [0.5, 0.6) is 0 Å². The Morgan fingerprint density at radius 2 is 2.06 bits per heavy atom. The van der Waals surface area contributed by atoms with Crippen LogP contribution in [0.1, 0.15) is 32.8 Å². The molecule has 5 heteroatoms. The summed E-state index contributed by atoms with van der Waals surface area (Å²) in [6, 6.07) is 5.15. The molecule has 0 saturated heterocycles. The Labute approximate surface area is 116 Å². The first-order chi connectivity index (χ1) is 8.29. The van der Waals surface area contributed by atoms with Gasteiger partial charge in [-0.3, -0.25) is 10.1 Å². The number of halogens is 1. The lowest BCUT2D eigenvalue weighted by Crippen LogP contribution is -2.20. The highest BCUT2D eigenvalue weighted by Gasteiger charge is 2.14. The predicted molar refractivity (Wildman–Crippen MR) is 76.6 cm³/mol. The van der Waals surface area contributed by atoms with Crippen LogP contribution in [-0.2, 0) is 6.54 Å². The number of benzene rings is 1. The van der Waals surface area contributed by atoms with Crippen LogP contribution in [0.15, 0.2) is 22.7 Å². The van der Waals surface area contributed by atoms with Crippen LogP contribution in [0.3, 0.4) is 0 Å². The fraction of sp³-hybridized carbons (Fsp3) is 0.538. The number of nitrogens with zero attached hydrogens (tertiary/aromatic N) is 1. The molecule has 1 aromatic rings. The van der Waals surface area contributed by atoms with Crippen LogP contribution in [0, 0.1) is 15.5 Å². The number of hydrogen-bond acceptors (Lipinski definition) is 3. The van der Waals surface area contributed by atoms with E-state index in [1.165, 1.54) is 0 Å². The van der Waals surface area contributed by atoms with Gasteiger partial charge in [0, 0.05) is 22.6 Å². The molecule has 0 bridgehead atoms. The molecule has 0 aromatic heterocycles. The minimum absolute atomic E-state index is 0.160. The fourth-order valence-corrected chi connectivity index (χ4v) is 1.89. The van der Waals surface area contributed by atoms with Crippen LogP contribution in [0.2, 0.25) is 0 Å². The summed E-state index contributed by atoms with van der Waals surface area (Å²) >= 11 is 3.25. The number of nitro benzene ring substituents is 1. The Morgan fingerprint density at radius 1 is 1.39 bits per heavy atom. The van der Waals surface area contributed by atoms with Gasteiger partial charge >= 0.3 is 0 Å². The average Bonchev–Trinajstić information content (AvgIpc) is 2.24. The van der Waals surface area contributed by atoms with E-state index in [1.807, 2.05) is 6.07 Å². The van der Waals surface area contributed by atoms with E-state index in [0.717, 1.165) is 23.0 Å². The van der Waals surface area contributed by atoms with E-state index in [1.54, 1.807) is 12.1 Å². The van der Waals surface area contributed by atoms with Gasteiger partial charge in [0.15, 0.2) is 0 Å². The Hall–Kier alpha value is -0.940. The largest absolute Gasteiger partial charge is 0.312 e. The van der Waals surface area contributed by atoms with Crippen LogP contribution in [0.25, 0.3) is 0 Å². The average molecular weight is 315 g/mol. The number of nitrogens with one attached hydrogen (secondary N) is 1. The van der Waals surface area contributed by atoms with Gasteiger partial charge in [0.25, 0.3) is 5.69 Å². The molecule has 100 valence electrons. The summed E-state index contributed by atoms with van der Waals surface area (Å²) in [5.41, 5.74) is 1.16. The van der Waals surface area contributed by atoms with Crippen molar-refractivity contribution in [2.24, 2.45) is 5.41 Å². The topological polar surface area (TPSA) is 55.2 Å². The third-order valence-corrected chi connectivity index (χ3v) is 3.10. The molecule has 0 spiro atoms. The van der Waals surface area contributed by atoms with E-state index in [4.69, 9.17) is 0 Å². The lowest BCUT2D eigenvalue weighted by molar-refractivity contribution is -0.385. The van der Waals surface area contributed by atoms with Crippen LogP contribution >= 0.6 is 15.9 Å². The molecule has 1 rings (SSSR count). The van der Waals surface area contributed by atoms with Crippen molar-refractivity contribution < 1.29 is 4.92 Å². The predicted octanol–water partition coefficient (Wildman–Crippen LogP) is 3.88. The molecule has 0 aliphatic rings. The third kappa shape index (κ3) is 5.14. The Balaban J connectivity index is 2.59. The van der Waals surface area contributed by atoms with Gasteiger partial charge in [-0.25, -0.2) is 0 Å². The molecule has 1 N–H and O–H groups in total. The van der Waals surface area contributed by atoms with Crippen molar-refractivity contribution in [1.29, 1.82) is 0 Å². The first-order valence-electron chi connectivity index (χ1n) is 5.93. The summed E-state index contributed by atoms with van der Waals surface area (Å²) in [5, 5.41) is 14.2. The lowest BCUT2D eigenvalue weighted by Gasteiger charge is -2.18. The van der Waals surface area contributed by atoms with Crippen molar-refractivity contribution in [2.75, 3.05) is 6.54 Å². The lowest BCUT2D eigenvalue weighted by atomic mass is 9.92. The highest BCUT2D eigenvalue weighted by molar-refractivity contribution is 9.10. The molecule has 4 nitrogen and oxygen atoms in total. The molecule has 18 heavy (non-hydrogen) atoms.